The summed E-state index contributed by atoms with van der Waals surface area (Å²) in [5, 5.41) is 5.18. The van der Waals surface area contributed by atoms with Crippen LogP contribution in [0, 0.1) is 6.92 Å². The second kappa shape index (κ2) is 5.30. The van der Waals surface area contributed by atoms with Crippen molar-refractivity contribution in [3.05, 3.63) is 29.0 Å². The van der Waals surface area contributed by atoms with Gasteiger partial charge in [0, 0.05) is 36.9 Å². The van der Waals surface area contributed by atoms with Gasteiger partial charge in [0.25, 0.3) is 0 Å². The number of aryl methyl sites for hydroxylation is 1. The van der Waals surface area contributed by atoms with Crippen molar-refractivity contribution in [2.45, 2.75) is 32.4 Å². The highest BCUT2D eigenvalue weighted by molar-refractivity contribution is 7.15. The number of nitrogen functional groups attached to an aromatic ring is 1. The third-order valence-corrected chi connectivity index (χ3v) is 4.44. The van der Waals surface area contributed by atoms with Gasteiger partial charge in [0.15, 0.2) is 5.13 Å². The number of rotatable bonds is 3. The van der Waals surface area contributed by atoms with E-state index >= 15 is 0 Å². The fraction of sp³-hybridized carbons (Fsp3) is 0.538. The predicted octanol–water partition coefficient (Wildman–Crippen LogP) is 2.07. The van der Waals surface area contributed by atoms with E-state index in [-0.39, 0.29) is 0 Å². The van der Waals surface area contributed by atoms with Crippen LogP contribution in [0.3, 0.4) is 0 Å². The van der Waals surface area contributed by atoms with Gasteiger partial charge in [-0.1, -0.05) is 0 Å². The van der Waals surface area contributed by atoms with Gasteiger partial charge in [-0.25, -0.2) is 4.98 Å². The molecular formula is C13H19N5S. The van der Waals surface area contributed by atoms with Crippen LogP contribution in [0.25, 0.3) is 0 Å². The monoisotopic (exact) mass is 277 g/mol. The van der Waals surface area contributed by atoms with Crippen LogP contribution in [0.15, 0.2) is 18.5 Å². The summed E-state index contributed by atoms with van der Waals surface area (Å²) in [5.41, 5.74) is 6.76. The molecule has 2 aromatic rings. The van der Waals surface area contributed by atoms with Crippen molar-refractivity contribution in [2.75, 3.05) is 18.8 Å². The zero-order valence-electron chi connectivity index (χ0n) is 11.1. The number of nitrogens with zero attached hydrogens (tertiary/aromatic N) is 4. The summed E-state index contributed by atoms with van der Waals surface area (Å²) >= 11 is 1.59. The van der Waals surface area contributed by atoms with E-state index in [0.717, 1.165) is 38.2 Å². The molecule has 0 spiro atoms. The molecule has 0 saturated carbocycles. The van der Waals surface area contributed by atoms with Crippen molar-refractivity contribution in [1.29, 1.82) is 0 Å². The highest BCUT2D eigenvalue weighted by Crippen LogP contribution is 2.24. The summed E-state index contributed by atoms with van der Waals surface area (Å²) in [4.78, 5) is 7.83. The molecule has 2 aromatic heterocycles. The quantitative estimate of drug-likeness (QED) is 0.933. The van der Waals surface area contributed by atoms with Crippen LogP contribution in [-0.4, -0.2) is 32.8 Å². The normalized spacial score (nSPS) is 17.9. The molecule has 2 N–H and O–H groups in total. The average Bonchev–Trinajstić information content (AvgIpc) is 3.00. The Labute approximate surface area is 117 Å². The van der Waals surface area contributed by atoms with E-state index in [1.807, 2.05) is 13.1 Å². The van der Waals surface area contributed by atoms with Crippen LogP contribution in [0.4, 0.5) is 5.13 Å². The largest absolute Gasteiger partial charge is 0.375 e. The molecule has 1 aliphatic heterocycles. The predicted molar refractivity (Wildman–Crippen MR) is 77.0 cm³/mol. The minimum atomic E-state index is 0.552. The highest BCUT2D eigenvalue weighted by Gasteiger charge is 2.21. The molecule has 102 valence electrons. The van der Waals surface area contributed by atoms with E-state index in [9.17, 15) is 0 Å². The number of hydrogen-bond donors (Lipinski definition) is 1. The van der Waals surface area contributed by atoms with E-state index < -0.39 is 0 Å². The molecule has 0 radical (unpaired) electrons. The SMILES string of the molecule is Cc1ccn(C2CCN(Cc3cnc(N)s3)CC2)n1. The molecule has 1 aliphatic rings. The number of thiazole rings is 1. The number of nitrogens with two attached hydrogens (primary N) is 1. The van der Waals surface area contributed by atoms with Gasteiger partial charge in [-0.3, -0.25) is 9.58 Å². The molecule has 5 nitrogen and oxygen atoms in total. The molecule has 19 heavy (non-hydrogen) atoms. The van der Waals surface area contributed by atoms with Crippen LogP contribution in [0.1, 0.15) is 29.5 Å². The first kappa shape index (κ1) is 12.6. The van der Waals surface area contributed by atoms with E-state index in [1.165, 1.54) is 4.88 Å². The lowest BCUT2D eigenvalue weighted by molar-refractivity contribution is 0.174. The first-order valence-corrected chi connectivity index (χ1v) is 7.46. The Morgan fingerprint density at radius 1 is 1.42 bits per heavy atom. The number of likely N-dealkylation sites (tertiary alicyclic amines) is 1. The maximum Gasteiger partial charge on any atom is 0.180 e. The van der Waals surface area contributed by atoms with Crippen LogP contribution in [0.5, 0.6) is 0 Å². The fourth-order valence-electron chi connectivity index (χ4n) is 2.59. The van der Waals surface area contributed by atoms with E-state index in [4.69, 9.17) is 5.73 Å². The Hall–Kier alpha value is -1.40. The Bertz CT molecular complexity index is 539. The summed E-state index contributed by atoms with van der Waals surface area (Å²) in [6.45, 7) is 5.24. The molecule has 0 atom stereocenters. The number of hydrogen-bond acceptors (Lipinski definition) is 5. The lowest BCUT2D eigenvalue weighted by atomic mass is 10.1. The molecule has 0 amide bonds. The molecule has 0 aliphatic carbocycles. The van der Waals surface area contributed by atoms with Crippen LogP contribution in [-0.2, 0) is 6.54 Å². The van der Waals surface area contributed by atoms with Gasteiger partial charge in [0.2, 0.25) is 0 Å². The lowest BCUT2D eigenvalue weighted by Gasteiger charge is -2.31. The van der Waals surface area contributed by atoms with Crippen molar-refractivity contribution in [3.8, 4) is 0 Å². The van der Waals surface area contributed by atoms with Crippen molar-refractivity contribution in [2.24, 2.45) is 0 Å². The van der Waals surface area contributed by atoms with Crippen molar-refractivity contribution < 1.29 is 0 Å². The average molecular weight is 277 g/mol. The third-order valence-electron chi connectivity index (χ3n) is 3.62. The molecule has 0 aromatic carbocycles. The standard InChI is InChI=1S/C13H19N5S/c1-10-2-7-18(16-10)11-3-5-17(6-4-11)9-12-8-15-13(14)19-12/h2,7-8,11H,3-6,9H2,1H3,(H2,14,15). The summed E-state index contributed by atoms with van der Waals surface area (Å²) < 4.78 is 2.12. The fourth-order valence-corrected chi connectivity index (χ4v) is 3.32. The Morgan fingerprint density at radius 3 is 2.79 bits per heavy atom. The zero-order chi connectivity index (χ0) is 13.2. The molecule has 3 rings (SSSR count). The van der Waals surface area contributed by atoms with Crippen molar-refractivity contribution in [3.63, 3.8) is 0 Å². The van der Waals surface area contributed by atoms with Gasteiger partial charge in [-0.15, -0.1) is 11.3 Å². The van der Waals surface area contributed by atoms with Gasteiger partial charge in [-0.05, 0) is 25.8 Å². The minimum Gasteiger partial charge on any atom is -0.375 e. The van der Waals surface area contributed by atoms with Gasteiger partial charge >= 0.3 is 0 Å². The molecule has 1 saturated heterocycles. The summed E-state index contributed by atoms with van der Waals surface area (Å²) in [6, 6.07) is 2.63. The van der Waals surface area contributed by atoms with Crippen molar-refractivity contribution >= 4 is 16.5 Å². The zero-order valence-corrected chi connectivity index (χ0v) is 11.9. The first-order valence-electron chi connectivity index (χ1n) is 6.65. The molecule has 6 heteroatoms. The third kappa shape index (κ3) is 2.96. The maximum atomic E-state index is 5.66. The second-order valence-electron chi connectivity index (χ2n) is 5.11. The van der Waals surface area contributed by atoms with Gasteiger partial charge < -0.3 is 5.73 Å². The van der Waals surface area contributed by atoms with Crippen LogP contribution >= 0.6 is 11.3 Å². The summed E-state index contributed by atoms with van der Waals surface area (Å²) in [7, 11) is 0. The number of piperidine rings is 1. The maximum absolute atomic E-state index is 5.66. The van der Waals surface area contributed by atoms with E-state index in [0.29, 0.717) is 11.2 Å². The Morgan fingerprint density at radius 2 is 2.21 bits per heavy atom. The van der Waals surface area contributed by atoms with Gasteiger partial charge in [-0.2, -0.15) is 5.10 Å². The summed E-state index contributed by atoms with van der Waals surface area (Å²) in [6.07, 6.45) is 6.31. The summed E-state index contributed by atoms with van der Waals surface area (Å²) in [5.74, 6) is 0. The highest BCUT2D eigenvalue weighted by atomic mass is 32.1. The smallest absolute Gasteiger partial charge is 0.180 e. The van der Waals surface area contributed by atoms with E-state index in [1.54, 1.807) is 11.3 Å². The van der Waals surface area contributed by atoms with Crippen LogP contribution in [0.2, 0.25) is 0 Å². The molecular weight excluding hydrogens is 258 g/mol. The van der Waals surface area contributed by atoms with Crippen LogP contribution < -0.4 is 5.73 Å². The first-order chi connectivity index (χ1) is 9.20. The van der Waals surface area contributed by atoms with Gasteiger partial charge in [0.05, 0.1) is 11.7 Å². The Kier molecular flexibility index (Phi) is 3.52. The topological polar surface area (TPSA) is 60.0 Å². The van der Waals surface area contributed by atoms with E-state index in [2.05, 4.69) is 31.9 Å². The van der Waals surface area contributed by atoms with Crippen molar-refractivity contribution in [1.82, 2.24) is 19.7 Å². The minimum absolute atomic E-state index is 0.552. The number of aromatic nitrogens is 3. The molecule has 3 heterocycles. The van der Waals surface area contributed by atoms with Gasteiger partial charge in [0.1, 0.15) is 0 Å². The molecule has 0 unspecified atom stereocenters. The number of anilines is 1. The lowest BCUT2D eigenvalue weighted by Crippen LogP contribution is -2.34. The molecule has 1 fully saturated rings. The molecule has 0 bridgehead atoms. The Balaban J connectivity index is 1.54. The second-order valence-corrected chi connectivity index (χ2v) is 6.26.